The Balaban J connectivity index is 1.40. The summed E-state index contributed by atoms with van der Waals surface area (Å²) in [6.07, 6.45) is 3.16. The lowest BCUT2D eigenvalue weighted by molar-refractivity contribution is -0.140. The quantitative estimate of drug-likeness (QED) is 0.264. The van der Waals surface area contributed by atoms with Gasteiger partial charge in [-0.25, -0.2) is 24.6 Å². The van der Waals surface area contributed by atoms with Crippen LogP contribution in [0.1, 0.15) is 67.6 Å². The largest absolute Gasteiger partial charge is 0.434 e. The van der Waals surface area contributed by atoms with E-state index in [9.17, 15) is 23.1 Å². The minimum atomic E-state index is -4.60. The molecule has 0 spiro atoms. The Morgan fingerprint density at radius 1 is 1.16 bits per heavy atom. The highest BCUT2D eigenvalue weighted by atomic mass is 19.4. The number of aromatic nitrogens is 8. The van der Waals surface area contributed by atoms with Crippen LogP contribution < -0.4 is 5.56 Å². The van der Waals surface area contributed by atoms with Crippen LogP contribution in [0.5, 0.6) is 0 Å². The summed E-state index contributed by atoms with van der Waals surface area (Å²) >= 11 is 0. The predicted molar refractivity (Wildman–Crippen MR) is 152 cm³/mol. The van der Waals surface area contributed by atoms with Crippen molar-refractivity contribution >= 4 is 11.0 Å². The Morgan fingerprint density at radius 3 is 2.70 bits per heavy atom. The maximum atomic E-state index is 13.6. The van der Waals surface area contributed by atoms with E-state index >= 15 is 0 Å². The first-order chi connectivity index (χ1) is 20.6. The van der Waals surface area contributed by atoms with E-state index in [1.54, 1.807) is 49.1 Å². The minimum absolute atomic E-state index is 0.148. The summed E-state index contributed by atoms with van der Waals surface area (Å²) in [4.78, 5) is 32.8. The molecule has 0 radical (unpaired) electrons. The second kappa shape index (κ2) is 11.1. The van der Waals surface area contributed by atoms with Crippen LogP contribution in [0, 0.1) is 11.8 Å². The van der Waals surface area contributed by atoms with Gasteiger partial charge >= 0.3 is 6.18 Å². The second-order valence-corrected chi connectivity index (χ2v) is 10.6. The van der Waals surface area contributed by atoms with Crippen LogP contribution in [0.2, 0.25) is 0 Å². The van der Waals surface area contributed by atoms with Crippen LogP contribution in [0.3, 0.4) is 0 Å². The van der Waals surface area contributed by atoms with Crippen molar-refractivity contribution in [3.63, 3.8) is 0 Å². The topological polar surface area (TPSA) is 127 Å². The summed E-state index contributed by atoms with van der Waals surface area (Å²) in [5.74, 6) is 6.49. The third-order valence-corrected chi connectivity index (χ3v) is 7.14. The van der Waals surface area contributed by atoms with Crippen LogP contribution in [-0.2, 0) is 12.7 Å². The predicted octanol–water partition coefficient (Wildman–Crippen LogP) is 4.70. The molecular formula is C30H27F3N8O2. The number of hydrogen-bond acceptors (Lipinski definition) is 7. The number of halogens is 3. The van der Waals surface area contributed by atoms with Gasteiger partial charge in [0.15, 0.2) is 17.2 Å². The number of aromatic amines is 1. The molecule has 220 valence electrons. The van der Waals surface area contributed by atoms with Crippen molar-refractivity contribution in [2.75, 3.05) is 6.61 Å². The van der Waals surface area contributed by atoms with E-state index in [1.807, 2.05) is 0 Å². The first-order valence-corrected chi connectivity index (χ1v) is 13.8. The highest BCUT2D eigenvalue weighted by Crippen LogP contribution is 2.41. The molecule has 1 fully saturated rings. The maximum absolute atomic E-state index is 13.6. The number of nitrogens with one attached hydrogen (secondary N) is 1. The van der Waals surface area contributed by atoms with E-state index in [4.69, 9.17) is 4.98 Å². The number of fused-ring (bicyclic) bond motifs is 1. The summed E-state index contributed by atoms with van der Waals surface area (Å²) in [6.45, 7) is 3.68. The van der Waals surface area contributed by atoms with E-state index in [2.05, 4.69) is 36.9 Å². The first kappa shape index (κ1) is 28.3. The standard InChI is InChI=1S/C30H27F3N8O2/c1-17(2)40-15-23(30(31,32)33)38-28(40)22-9-6-18(11-20(22)5-3-4-10-42)14-41-27-21(13-37-41)12-34-26(39-27)24-25(19-7-8-19)35-16-36-29(24)43/h6,9,11-13,15-17,19,42H,4,7-8,10,14H2,1-2H3,(H,35,36,43). The molecule has 0 unspecified atom stereocenters. The van der Waals surface area contributed by atoms with Gasteiger partial charge in [-0.05, 0) is 44.4 Å². The Morgan fingerprint density at radius 2 is 1.98 bits per heavy atom. The van der Waals surface area contributed by atoms with Crippen LogP contribution in [0.4, 0.5) is 13.2 Å². The SMILES string of the molecule is CC(C)n1cc(C(F)(F)F)nc1-c1ccc(Cn2ncc3cnc(-c4c(C5CC5)nc[nH]c4=O)nc32)cc1C#CCCO. The number of aliphatic hydroxyl groups excluding tert-OH is 1. The van der Waals surface area contributed by atoms with Crippen molar-refractivity contribution in [2.24, 2.45) is 0 Å². The van der Waals surface area contributed by atoms with Gasteiger partial charge in [0.1, 0.15) is 11.4 Å². The van der Waals surface area contributed by atoms with Crippen molar-refractivity contribution in [1.29, 1.82) is 0 Å². The van der Waals surface area contributed by atoms with E-state index < -0.39 is 11.9 Å². The molecular weight excluding hydrogens is 561 g/mol. The van der Waals surface area contributed by atoms with Gasteiger partial charge < -0.3 is 14.7 Å². The van der Waals surface area contributed by atoms with E-state index in [1.165, 1.54) is 10.9 Å². The normalized spacial score (nSPS) is 13.5. The zero-order chi connectivity index (χ0) is 30.3. The summed E-state index contributed by atoms with van der Waals surface area (Å²) < 4.78 is 43.8. The number of nitrogens with zero attached hydrogens (tertiary/aromatic N) is 7. The third-order valence-electron chi connectivity index (χ3n) is 7.14. The Hall–Kier alpha value is -4.83. The zero-order valence-corrected chi connectivity index (χ0v) is 23.4. The molecule has 0 aliphatic heterocycles. The van der Waals surface area contributed by atoms with Crippen LogP contribution in [0.25, 0.3) is 33.8 Å². The van der Waals surface area contributed by atoms with Crippen molar-refractivity contribution in [3.8, 4) is 34.6 Å². The van der Waals surface area contributed by atoms with Gasteiger partial charge in [-0.2, -0.15) is 18.3 Å². The maximum Gasteiger partial charge on any atom is 0.434 e. The fourth-order valence-electron chi connectivity index (χ4n) is 4.90. The molecule has 0 bridgehead atoms. The average molecular weight is 589 g/mol. The lowest BCUT2D eigenvalue weighted by Crippen LogP contribution is -2.15. The molecule has 5 aromatic rings. The Labute approximate surface area is 243 Å². The second-order valence-electron chi connectivity index (χ2n) is 10.6. The highest BCUT2D eigenvalue weighted by molar-refractivity contribution is 5.76. The zero-order valence-electron chi connectivity index (χ0n) is 23.4. The molecule has 2 N–H and O–H groups in total. The fraction of sp³-hybridized carbons (Fsp3) is 0.333. The van der Waals surface area contributed by atoms with Crippen LogP contribution in [0.15, 0.2) is 47.9 Å². The third kappa shape index (κ3) is 5.65. The number of benzene rings is 1. The van der Waals surface area contributed by atoms with Crippen molar-refractivity contribution in [2.45, 2.75) is 57.8 Å². The minimum Gasteiger partial charge on any atom is -0.395 e. The number of alkyl halides is 3. The number of imidazole rings is 1. The monoisotopic (exact) mass is 588 g/mol. The smallest absolute Gasteiger partial charge is 0.395 e. The molecule has 6 rings (SSSR count). The van der Waals surface area contributed by atoms with Crippen molar-refractivity contribution in [1.82, 2.24) is 39.3 Å². The highest BCUT2D eigenvalue weighted by Gasteiger charge is 2.35. The molecule has 0 atom stereocenters. The van der Waals surface area contributed by atoms with Gasteiger partial charge in [-0.15, -0.1) is 0 Å². The van der Waals surface area contributed by atoms with Gasteiger partial charge in [0.05, 0.1) is 36.8 Å². The molecule has 1 aromatic carbocycles. The molecule has 43 heavy (non-hydrogen) atoms. The number of H-pyrrole nitrogens is 1. The molecule has 1 aliphatic rings. The molecule has 0 saturated heterocycles. The summed E-state index contributed by atoms with van der Waals surface area (Å²) in [5.41, 5.74) is 1.93. The van der Waals surface area contributed by atoms with Gasteiger partial charge in [0.25, 0.3) is 5.56 Å². The average Bonchev–Trinajstić information content (AvgIpc) is 3.59. The van der Waals surface area contributed by atoms with Gasteiger partial charge in [-0.1, -0.05) is 17.9 Å². The van der Waals surface area contributed by atoms with Crippen molar-refractivity contribution in [3.05, 3.63) is 76.0 Å². The number of hydrogen-bond donors (Lipinski definition) is 2. The molecule has 4 heterocycles. The van der Waals surface area contributed by atoms with Gasteiger partial charge in [0, 0.05) is 41.9 Å². The Bertz CT molecular complexity index is 1940. The van der Waals surface area contributed by atoms with Crippen LogP contribution in [-0.4, -0.2) is 51.0 Å². The summed E-state index contributed by atoms with van der Waals surface area (Å²) in [5, 5.41) is 14.4. The summed E-state index contributed by atoms with van der Waals surface area (Å²) in [7, 11) is 0. The van der Waals surface area contributed by atoms with E-state index in [0.717, 1.165) is 24.6 Å². The number of aliphatic hydroxyl groups is 1. The molecule has 1 saturated carbocycles. The lowest BCUT2D eigenvalue weighted by Gasteiger charge is -2.14. The molecule has 1 aliphatic carbocycles. The van der Waals surface area contributed by atoms with Gasteiger partial charge in [-0.3, -0.25) is 4.79 Å². The van der Waals surface area contributed by atoms with Crippen molar-refractivity contribution < 1.29 is 18.3 Å². The van der Waals surface area contributed by atoms with Gasteiger partial charge in [0.2, 0.25) is 0 Å². The molecule has 13 heteroatoms. The Kier molecular flexibility index (Phi) is 7.31. The van der Waals surface area contributed by atoms with Crippen LogP contribution >= 0.6 is 0 Å². The molecule has 10 nitrogen and oxygen atoms in total. The summed E-state index contributed by atoms with van der Waals surface area (Å²) in [6, 6.07) is 4.97. The molecule has 0 amide bonds. The first-order valence-electron chi connectivity index (χ1n) is 13.8. The lowest BCUT2D eigenvalue weighted by atomic mass is 10.0. The number of rotatable bonds is 7. The fourth-order valence-corrected chi connectivity index (χ4v) is 4.90. The van der Waals surface area contributed by atoms with E-state index in [-0.39, 0.29) is 48.7 Å². The van der Waals surface area contributed by atoms with E-state index in [0.29, 0.717) is 33.4 Å². The molecule has 4 aromatic heterocycles.